The minimum Gasteiger partial charge on any atom is -0.378 e. The summed E-state index contributed by atoms with van der Waals surface area (Å²) in [4.78, 5) is 21.9. The van der Waals surface area contributed by atoms with E-state index < -0.39 is 0 Å². The molecule has 0 radical (unpaired) electrons. The maximum absolute atomic E-state index is 12.5. The quantitative estimate of drug-likeness (QED) is 0.822. The lowest BCUT2D eigenvalue weighted by molar-refractivity contribution is 0.0297. The lowest BCUT2D eigenvalue weighted by Gasteiger charge is -2.27. The van der Waals surface area contributed by atoms with Crippen molar-refractivity contribution in [2.24, 2.45) is 0 Å². The number of nitrogens with zero attached hydrogens (tertiary/aromatic N) is 2. The van der Waals surface area contributed by atoms with Crippen molar-refractivity contribution in [1.29, 1.82) is 0 Å². The molecule has 0 spiro atoms. The third-order valence-electron chi connectivity index (χ3n) is 3.07. The summed E-state index contributed by atoms with van der Waals surface area (Å²) < 4.78 is 5.27. The van der Waals surface area contributed by atoms with Gasteiger partial charge in [-0.25, -0.2) is 4.98 Å². The minimum atomic E-state index is -0.113. The Kier molecular flexibility index (Phi) is 3.43. The average molecular weight is 251 g/mol. The van der Waals surface area contributed by atoms with Gasteiger partial charge in [0, 0.05) is 18.5 Å². The van der Waals surface area contributed by atoms with Crippen molar-refractivity contribution in [2.75, 3.05) is 26.3 Å². The molecular formula is C13H21N3O2. The summed E-state index contributed by atoms with van der Waals surface area (Å²) in [5.74, 6) is 0.795. The van der Waals surface area contributed by atoms with E-state index in [1.807, 2.05) is 11.8 Å². The first-order chi connectivity index (χ1) is 8.39. The van der Waals surface area contributed by atoms with Crippen LogP contribution < -0.4 is 0 Å². The number of rotatable bonds is 1. The number of morpholine rings is 1. The number of aromatic amines is 1. The number of hydrogen-bond acceptors (Lipinski definition) is 3. The smallest absolute Gasteiger partial charge is 0.274 e. The fourth-order valence-corrected chi connectivity index (χ4v) is 2.11. The molecule has 1 N–H and O–H groups in total. The number of aromatic nitrogens is 2. The summed E-state index contributed by atoms with van der Waals surface area (Å²) in [6, 6.07) is 0. The normalized spacial score (nSPS) is 17.0. The minimum absolute atomic E-state index is 0.00701. The second-order valence-electron chi connectivity index (χ2n) is 5.70. The highest BCUT2D eigenvalue weighted by molar-refractivity contribution is 5.94. The zero-order valence-electron chi connectivity index (χ0n) is 11.5. The van der Waals surface area contributed by atoms with Crippen molar-refractivity contribution >= 4 is 5.91 Å². The fourth-order valence-electron chi connectivity index (χ4n) is 2.11. The van der Waals surface area contributed by atoms with Gasteiger partial charge in [0.05, 0.1) is 18.9 Å². The Bertz CT molecular complexity index is 440. The number of aryl methyl sites for hydroxylation is 1. The maximum Gasteiger partial charge on any atom is 0.274 e. The Balaban J connectivity index is 2.29. The summed E-state index contributed by atoms with van der Waals surface area (Å²) >= 11 is 0. The van der Waals surface area contributed by atoms with Crippen molar-refractivity contribution < 1.29 is 9.53 Å². The van der Waals surface area contributed by atoms with E-state index in [0.29, 0.717) is 32.0 Å². The van der Waals surface area contributed by atoms with Crippen LogP contribution in [0.2, 0.25) is 0 Å². The zero-order valence-corrected chi connectivity index (χ0v) is 11.5. The Labute approximate surface area is 108 Å². The van der Waals surface area contributed by atoms with E-state index in [1.165, 1.54) is 0 Å². The van der Waals surface area contributed by atoms with Gasteiger partial charge in [0.15, 0.2) is 0 Å². The standard InChI is InChI=1S/C13H21N3O2/c1-9-14-10(11(15-9)13(2,3)4)12(17)16-5-7-18-8-6-16/h5-8H2,1-4H3,(H,14,15). The zero-order chi connectivity index (χ0) is 13.3. The Morgan fingerprint density at radius 3 is 2.50 bits per heavy atom. The maximum atomic E-state index is 12.5. The van der Waals surface area contributed by atoms with Gasteiger partial charge < -0.3 is 14.6 Å². The molecule has 2 heterocycles. The van der Waals surface area contributed by atoms with E-state index in [0.717, 1.165) is 11.5 Å². The van der Waals surface area contributed by atoms with E-state index >= 15 is 0 Å². The van der Waals surface area contributed by atoms with Crippen LogP contribution in [-0.4, -0.2) is 47.1 Å². The largest absolute Gasteiger partial charge is 0.378 e. The van der Waals surface area contributed by atoms with Crippen molar-refractivity contribution in [1.82, 2.24) is 14.9 Å². The molecule has 0 aromatic carbocycles. The van der Waals surface area contributed by atoms with Gasteiger partial charge in [-0.15, -0.1) is 0 Å². The van der Waals surface area contributed by atoms with E-state index in [2.05, 4.69) is 30.7 Å². The average Bonchev–Trinajstić information content (AvgIpc) is 2.71. The van der Waals surface area contributed by atoms with Crippen molar-refractivity contribution in [3.05, 3.63) is 17.2 Å². The number of imidazole rings is 1. The second-order valence-corrected chi connectivity index (χ2v) is 5.70. The number of amides is 1. The van der Waals surface area contributed by atoms with Gasteiger partial charge in [-0.05, 0) is 6.92 Å². The summed E-state index contributed by atoms with van der Waals surface area (Å²) in [6.07, 6.45) is 0. The van der Waals surface area contributed by atoms with Crippen molar-refractivity contribution in [2.45, 2.75) is 33.1 Å². The van der Waals surface area contributed by atoms with Crippen molar-refractivity contribution in [3.63, 3.8) is 0 Å². The molecule has 2 rings (SSSR count). The van der Waals surface area contributed by atoms with Gasteiger partial charge >= 0.3 is 0 Å². The molecule has 1 saturated heterocycles. The molecule has 5 nitrogen and oxygen atoms in total. The molecule has 1 aliphatic heterocycles. The highest BCUT2D eigenvalue weighted by atomic mass is 16.5. The van der Waals surface area contributed by atoms with E-state index in [4.69, 9.17) is 4.74 Å². The van der Waals surface area contributed by atoms with Crippen LogP contribution in [0.1, 0.15) is 42.8 Å². The molecule has 18 heavy (non-hydrogen) atoms. The van der Waals surface area contributed by atoms with Crippen molar-refractivity contribution in [3.8, 4) is 0 Å². The molecule has 0 aliphatic carbocycles. The number of carbonyl (C=O) groups excluding carboxylic acids is 1. The second kappa shape index (κ2) is 4.72. The van der Waals surface area contributed by atoms with Crippen LogP contribution in [0.5, 0.6) is 0 Å². The third kappa shape index (κ3) is 2.56. The predicted molar refractivity (Wildman–Crippen MR) is 68.7 cm³/mol. The molecule has 0 unspecified atom stereocenters. The molecule has 1 fully saturated rings. The van der Waals surface area contributed by atoms with Gasteiger partial charge in [-0.2, -0.15) is 0 Å². The van der Waals surface area contributed by atoms with Gasteiger partial charge in [0.1, 0.15) is 11.5 Å². The SMILES string of the molecule is Cc1nc(C(=O)N2CCOCC2)c(C(C)(C)C)[nH]1. The van der Waals surface area contributed by atoms with Gasteiger partial charge in [-0.1, -0.05) is 20.8 Å². The van der Waals surface area contributed by atoms with Crippen LogP contribution >= 0.6 is 0 Å². The number of H-pyrrole nitrogens is 1. The lowest BCUT2D eigenvalue weighted by atomic mass is 9.90. The van der Waals surface area contributed by atoms with Crippen LogP contribution in [0, 0.1) is 6.92 Å². The summed E-state index contributed by atoms with van der Waals surface area (Å²) in [7, 11) is 0. The molecule has 0 saturated carbocycles. The Morgan fingerprint density at radius 1 is 1.33 bits per heavy atom. The number of hydrogen-bond donors (Lipinski definition) is 1. The number of nitrogens with one attached hydrogen (secondary N) is 1. The molecule has 1 aromatic rings. The van der Waals surface area contributed by atoms with Gasteiger partial charge in [0.2, 0.25) is 0 Å². The predicted octanol–water partition coefficient (Wildman–Crippen LogP) is 1.49. The number of carbonyl (C=O) groups is 1. The molecule has 0 bridgehead atoms. The van der Waals surface area contributed by atoms with Crippen LogP contribution in [0.15, 0.2) is 0 Å². The van der Waals surface area contributed by atoms with E-state index in [1.54, 1.807) is 0 Å². The van der Waals surface area contributed by atoms with E-state index in [9.17, 15) is 4.79 Å². The van der Waals surface area contributed by atoms with Crippen LogP contribution in [0.25, 0.3) is 0 Å². The molecule has 0 atom stereocenters. The molecule has 100 valence electrons. The third-order valence-corrected chi connectivity index (χ3v) is 3.07. The molecule has 1 aromatic heterocycles. The van der Waals surface area contributed by atoms with Crippen LogP contribution in [0.3, 0.4) is 0 Å². The highest BCUT2D eigenvalue weighted by Gasteiger charge is 2.29. The van der Waals surface area contributed by atoms with Gasteiger partial charge in [-0.3, -0.25) is 4.79 Å². The molecule has 5 heteroatoms. The van der Waals surface area contributed by atoms with E-state index in [-0.39, 0.29) is 11.3 Å². The number of ether oxygens (including phenoxy) is 1. The topological polar surface area (TPSA) is 58.2 Å². The first kappa shape index (κ1) is 13.1. The van der Waals surface area contributed by atoms with Crippen LogP contribution in [0.4, 0.5) is 0 Å². The van der Waals surface area contributed by atoms with Gasteiger partial charge in [0.25, 0.3) is 5.91 Å². The first-order valence-electron chi connectivity index (χ1n) is 6.33. The molecule has 1 aliphatic rings. The molecular weight excluding hydrogens is 230 g/mol. The van der Waals surface area contributed by atoms with Crippen LogP contribution in [-0.2, 0) is 10.2 Å². The molecule has 1 amide bonds. The summed E-state index contributed by atoms with van der Waals surface area (Å²) in [5, 5.41) is 0. The summed E-state index contributed by atoms with van der Waals surface area (Å²) in [5.41, 5.74) is 1.36. The monoisotopic (exact) mass is 251 g/mol. The Hall–Kier alpha value is -1.36. The fraction of sp³-hybridized carbons (Fsp3) is 0.692. The Morgan fingerprint density at radius 2 is 1.94 bits per heavy atom. The lowest BCUT2D eigenvalue weighted by Crippen LogP contribution is -2.41. The first-order valence-corrected chi connectivity index (χ1v) is 6.33. The highest BCUT2D eigenvalue weighted by Crippen LogP contribution is 2.25. The summed E-state index contributed by atoms with van der Waals surface area (Å²) in [6.45, 7) is 10.6.